The molecule has 0 radical (unpaired) electrons. The highest BCUT2D eigenvalue weighted by Crippen LogP contribution is 2.09. The van der Waals surface area contributed by atoms with Crippen molar-refractivity contribution in [2.24, 2.45) is 5.73 Å². The van der Waals surface area contributed by atoms with Gasteiger partial charge in [-0.25, -0.2) is 4.39 Å². The number of benzene rings is 1. The Bertz CT molecular complexity index is 366. The minimum atomic E-state index is -0.307. The van der Waals surface area contributed by atoms with Crippen LogP contribution in [0.3, 0.4) is 0 Å². The SMILES string of the molecule is Cc1cc(C(=O)N[C@@H](C)CN)ccc1F. The van der Waals surface area contributed by atoms with Crippen LogP contribution in [0.15, 0.2) is 18.2 Å². The number of rotatable bonds is 3. The molecule has 1 rings (SSSR count). The van der Waals surface area contributed by atoms with Crippen LogP contribution in [0.1, 0.15) is 22.8 Å². The molecule has 0 aliphatic rings. The zero-order valence-corrected chi connectivity index (χ0v) is 8.88. The Labute approximate surface area is 88.5 Å². The van der Waals surface area contributed by atoms with Crippen molar-refractivity contribution in [1.82, 2.24) is 5.32 Å². The zero-order chi connectivity index (χ0) is 11.4. The lowest BCUT2D eigenvalue weighted by atomic mass is 10.1. The molecule has 0 fully saturated rings. The van der Waals surface area contributed by atoms with Crippen LogP contribution in [0.25, 0.3) is 0 Å². The maximum Gasteiger partial charge on any atom is 0.251 e. The second-order valence-electron chi connectivity index (χ2n) is 3.57. The standard InChI is InChI=1S/C11H15FN2O/c1-7-5-9(3-4-10(7)12)11(15)14-8(2)6-13/h3-5,8H,6,13H2,1-2H3,(H,14,15)/t8-/m0/s1. The molecule has 0 saturated heterocycles. The Hall–Kier alpha value is -1.42. The lowest BCUT2D eigenvalue weighted by Gasteiger charge is -2.11. The van der Waals surface area contributed by atoms with Crippen LogP contribution in [0, 0.1) is 12.7 Å². The Morgan fingerprint density at radius 3 is 2.80 bits per heavy atom. The summed E-state index contributed by atoms with van der Waals surface area (Å²) < 4.78 is 12.9. The summed E-state index contributed by atoms with van der Waals surface area (Å²) in [6.45, 7) is 3.82. The summed E-state index contributed by atoms with van der Waals surface area (Å²) in [6, 6.07) is 4.19. The molecular weight excluding hydrogens is 195 g/mol. The first-order chi connectivity index (χ1) is 7.04. The predicted octanol–water partition coefficient (Wildman–Crippen LogP) is 1.21. The number of carbonyl (C=O) groups is 1. The summed E-state index contributed by atoms with van der Waals surface area (Å²) in [5, 5.41) is 2.71. The Balaban J connectivity index is 2.78. The maximum absolute atomic E-state index is 12.9. The van der Waals surface area contributed by atoms with Crippen LogP contribution in [0.5, 0.6) is 0 Å². The highest BCUT2D eigenvalue weighted by atomic mass is 19.1. The average molecular weight is 210 g/mol. The van der Waals surface area contributed by atoms with E-state index in [1.54, 1.807) is 6.92 Å². The number of hydrogen-bond donors (Lipinski definition) is 2. The Morgan fingerprint density at radius 2 is 2.27 bits per heavy atom. The molecule has 3 N–H and O–H groups in total. The van der Waals surface area contributed by atoms with E-state index in [0.717, 1.165) is 0 Å². The van der Waals surface area contributed by atoms with Gasteiger partial charge in [0.2, 0.25) is 0 Å². The van der Waals surface area contributed by atoms with Gasteiger partial charge in [-0.3, -0.25) is 4.79 Å². The molecule has 4 heteroatoms. The first-order valence-corrected chi connectivity index (χ1v) is 4.81. The molecule has 1 aromatic rings. The fourth-order valence-corrected chi connectivity index (χ4v) is 1.15. The number of aryl methyl sites for hydroxylation is 1. The van der Waals surface area contributed by atoms with Gasteiger partial charge in [-0.2, -0.15) is 0 Å². The molecule has 0 bridgehead atoms. The van der Waals surface area contributed by atoms with Crippen molar-refractivity contribution in [3.8, 4) is 0 Å². The van der Waals surface area contributed by atoms with E-state index in [0.29, 0.717) is 17.7 Å². The van der Waals surface area contributed by atoms with E-state index in [-0.39, 0.29) is 17.8 Å². The summed E-state index contributed by atoms with van der Waals surface area (Å²) in [7, 11) is 0. The highest BCUT2D eigenvalue weighted by Gasteiger charge is 2.09. The van der Waals surface area contributed by atoms with Crippen molar-refractivity contribution in [1.29, 1.82) is 0 Å². The number of nitrogens with one attached hydrogen (secondary N) is 1. The van der Waals surface area contributed by atoms with Crippen LogP contribution >= 0.6 is 0 Å². The number of nitrogens with two attached hydrogens (primary N) is 1. The van der Waals surface area contributed by atoms with Crippen LogP contribution in [0.2, 0.25) is 0 Å². The third kappa shape index (κ3) is 3.02. The monoisotopic (exact) mass is 210 g/mol. The molecule has 0 aromatic heterocycles. The molecule has 0 heterocycles. The molecule has 82 valence electrons. The lowest BCUT2D eigenvalue weighted by molar-refractivity contribution is 0.0941. The molecule has 0 saturated carbocycles. The Kier molecular flexibility index (Phi) is 3.80. The minimum absolute atomic E-state index is 0.0807. The first-order valence-electron chi connectivity index (χ1n) is 4.81. The highest BCUT2D eigenvalue weighted by molar-refractivity contribution is 5.94. The van der Waals surface area contributed by atoms with Crippen LogP contribution in [-0.2, 0) is 0 Å². The molecule has 0 spiro atoms. The fraction of sp³-hybridized carbons (Fsp3) is 0.364. The summed E-state index contributed by atoms with van der Waals surface area (Å²) in [4.78, 5) is 11.6. The van der Waals surface area contributed by atoms with Gasteiger partial charge in [-0.05, 0) is 37.6 Å². The minimum Gasteiger partial charge on any atom is -0.348 e. The fourth-order valence-electron chi connectivity index (χ4n) is 1.15. The normalized spacial score (nSPS) is 12.3. The van der Waals surface area contributed by atoms with E-state index in [9.17, 15) is 9.18 Å². The van der Waals surface area contributed by atoms with Crippen molar-refractivity contribution >= 4 is 5.91 Å². The average Bonchev–Trinajstić information content (AvgIpc) is 2.21. The molecule has 0 aliphatic carbocycles. The van der Waals surface area contributed by atoms with Crippen molar-refractivity contribution in [2.45, 2.75) is 19.9 Å². The van der Waals surface area contributed by atoms with E-state index >= 15 is 0 Å². The van der Waals surface area contributed by atoms with Crippen molar-refractivity contribution < 1.29 is 9.18 Å². The topological polar surface area (TPSA) is 55.1 Å². The first kappa shape index (κ1) is 11.7. The number of carbonyl (C=O) groups excluding carboxylic acids is 1. The largest absolute Gasteiger partial charge is 0.348 e. The van der Waals surface area contributed by atoms with Gasteiger partial charge in [0.25, 0.3) is 5.91 Å². The number of amides is 1. The number of halogens is 1. The molecule has 15 heavy (non-hydrogen) atoms. The van der Waals surface area contributed by atoms with E-state index in [1.165, 1.54) is 18.2 Å². The van der Waals surface area contributed by atoms with Gasteiger partial charge >= 0.3 is 0 Å². The zero-order valence-electron chi connectivity index (χ0n) is 8.88. The Morgan fingerprint density at radius 1 is 1.60 bits per heavy atom. The van der Waals surface area contributed by atoms with Gasteiger partial charge < -0.3 is 11.1 Å². The van der Waals surface area contributed by atoms with Crippen LogP contribution in [-0.4, -0.2) is 18.5 Å². The van der Waals surface area contributed by atoms with Crippen LogP contribution in [0.4, 0.5) is 4.39 Å². The van der Waals surface area contributed by atoms with Gasteiger partial charge in [0.15, 0.2) is 0 Å². The second-order valence-corrected chi connectivity index (χ2v) is 3.57. The predicted molar refractivity (Wildman–Crippen MR) is 57.1 cm³/mol. The van der Waals surface area contributed by atoms with Gasteiger partial charge in [0.05, 0.1) is 0 Å². The van der Waals surface area contributed by atoms with Crippen molar-refractivity contribution in [3.63, 3.8) is 0 Å². The molecule has 0 aliphatic heterocycles. The van der Waals surface area contributed by atoms with Crippen LogP contribution < -0.4 is 11.1 Å². The molecule has 1 aromatic carbocycles. The quantitative estimate of drug-likeness (QED) is 0.788. The summed E-state index contributed by atoms with van der Waals surface area (Å²) in [6.07, 6.45) is 0. The third-order valence-electron chi connectivity index (χ3n) is 2.15. The smallest absolute Gasteiger partial charge is 0.251 e. The van der Waals surface area contributed by atoms with Crippen molar-refractivity contribution in [3.05, 3.63) is 35.1 Å². The van der Waals surface area contributed by atoms with E-state index in [1.807, 2.05) is 6.92 Å². The third-order valence-corrected chi connectivity index (χ3v) is 2.15. The van der Waals surface area contributed by atoms with E-state index in [2.05, 4.69) is 5.32 Å². The molecule has 1 amide bonds. The molecule has 1 atom stereocenters. The van der Waals surface area contributed by atoms with Gasteiger partial charge in [-0.1, -0.05) is 0 Å². The summed E-state index contributed by atoms with van der Waals surface area (Å²) in [5.74, 6) is -0.533. The van der Waals surface area contributed by atoms with Gasteiger partial charge in [0, 0.05) is 18.2 Å². The second kappa shape index (κ2) is 4.89. The van der Waals surface area contributed by atoms with E-state index < -0.39 is 0 Å². The number of hydrogen-bond acceptors (Lipinski definition) is 2. The van der Waals surface area contributed by atoms with E-state index in [4.69, 9.17) is 5.73 Å². The summed E-state index contributed by atoms with van der Waals surface area (Å²) in [5.41, 5.74) is 6.29. The lowest BCUT2D eigenvalue weighted by Crippen LogP contribution is -2.37. The van der Waals surface area contributed by atoms with Gasteiger partial charge in [-0.15, -0.1) is 0 Å². The molecule has 0 unspecified atom stereocenters. The molecule has 3 nitrogen and oxygen atoms in total. The van der Waals surface area contributed by atoms with Gasteiger partial charge in [0.1, 0.15) is 5.82 Å². The maximum atomic E-state index is 12.9. The van der Waals surface area contributed by atoms with Crippen molar-refractivity contribution in [2.75, 3.05) is 6.54 Å². The molecular formula is C11H15FN2O. The summed E-state index contributed by atoms with van der Waals surface area (Å²) >= 11 is 0.